The van der Waals surface area contributed by atoms with Crippen LogP contribution in [0.1, 0.15) is 47.5 Å². The topological polar surface area (TPSA) is 67.9 Å². The van der Waals surface area contributed by atoms with Crippen molar-refractivity contribution in [2.45, 2.75) is 37.1 Å². The van der Waals surface area contributed by atoms with Crippen molar-refractivity contribution in [3.05, 3.63) is 59.7 Å². The molecule has 1 spiro atoms. The molecule has 0 aromatic heterocycles. The molecule has 1 aliphatic heterocycles. The van der Waals surface area contributed by atoms with E-state index in [1.165, 1.54) is 0 Å². The zero-order chi connectivity index (χ0) is 21.1. The molecule has 2 amide bonds. The van der Waals surface area contributed by atoms with Crippen molar-refractivity contribution in [1.29, 1.82) is 0 Å². The van der Waals surface area contributed by atoms with Gasteiger partial charge in [-0.25, -0.2) is 0 Å². The van der Waals surface area contributed by atoms with Crippen LogP contribution in [0.3, 0.4) is 0 Å². The SMILES string of the molecule is COCCN1C(=O)c2ccccc2C(C(=O)Nc2ccc(OC)cc2)C12CCCC2. The van der Waals surface area contributed by atoms with E-state index in [9.17, 15) is 9.59 Å². The van der Waals surface area contributed by atoms with Crippen molar-refractivity contribution in [3.8, 4) is 5.75 Å². The smallest absolute Gasteiger partial charge is 0.254 e. The molecular weight excluding hydrogens is 380 g/mol. The highest BCUT2D eigenvalue weighted by Gasteiger charge is 2.55. The van der Waals surface area contributed by atoms with Crippen LogP contribution in [0.4, 0.5) is 5.69 Å². The van der Waals surface area contributed by atoms with Crippen LogP contribution >= 0.6 is 0 Å². The van der Waals surface area contributed by atoms with Crippen molar-refractivity contribution < 1.29 is 19.1 Å². The maximum Gasteiger partial charge on any atom is 0.254 e. The molecular formula is C24H28N2O4. The van der Waals surface area contributed by atoms with Crippen molar-refractivity contribution in [1.82, 2.24) is 4.90 Å². The number of ether oxygens (including phenoxy) is 2. The summed E-state index contributed by atoms with van der Waals surface area (Å²) in [4.78, 5) is 29.0. The number of nitrogens with zero attached hydrogens (tertiary/aromatic N) is 1. The number of anilines is 1. The quantitative estimate of drug-likeness (QED) is 0.789. The number of hydrogen-bond donors (Lipinski definition) is 1. The van der Waals surface area contributed by atoms with Crippen molar-refractivity contribution in [2.75, 3.05) is 32.7 Å². The molecule has 1 N–H and O–H groups in total. The minimum atomic E-state index is -0.513. The van der Waals surface area contributed by atoms with Crippen molar-refractivity contribution in [3.63, 3.8) is 0 Å². The van der Waals surface area contributed by atoms with Crippen LogP contribution < -0.4 is 10.1 Å². The first-order valence-electron chi connectivity index (χ1n) is 10.5. The number of methoxy groups -OCH3 is 2. The molecule has 4 rings (SSSR count). The average Bonchev–Trinajstić information content (AvgIpc) is 3.24. The van der Waals surface area contributed by atoms with E-state index in [1.807, 2.05) is 53.4 Å². The van der Waals surface area contributed by atoms with Crippen molar-refractivity contribution in [2.24, 2.45) is 0 Å². The lowest BCUT2D eigenvalue weighted by molar-refractivity contribution is -0.121. The van der Waals surface area contributed by atoms with Crippen LogP contribution in [-0.4, -0.2) is 49.6 Å². The molecule has 0 bridgehead atoms. The number of benzene rings is 2. The summed E-state index contributed by atoms with van der Waals surface area (Å²) in [6.45, 7) is 0.929. The van der Waals surface area contributed by atoms with Crippen LogP contribution in [-0.2, 0) is 9.53 Å². The van der Waals surface area contributed by atoms with Crippen LogP contribution in [0.2, 0.25) is 0 Å². The number of hydrogen-bond acceptors (Lipinski definition) is 4. The predicted octanol–water partition coefficient (Wildman–Crippen LogP) is 3.83. The Morgan fingerprint density at radius 3 is 2.47 bits per heavy atom. The molecule has 1 heterocycles. The lowest BCUT2D eigenvalue weighted by Gasteiger charge is -2.50. The molecule has 0 radical (unpaired) electrons. The maximum atomic E-state index is 13.7. The Hall–Kier alpha value is -2.86. The zero-order valence-corrected chi connectivity index (χ0v) is 17.5. The molecule has 2 aliphatic rings. The van der Waals surface area contributed by atoms with Gasteiger partial charge < -0.3 is 19.7 Å². The third kappa shape index (κ3) is 3.45. The monoisotopic (exact) mass is 408 g/mol. The number of nitrogens with one attached hydrogen (secondary N) is 1. The van der Waals surface area contributed by atoms with E-state index >= 15 is 0 Å². The molecule has 0 saturated heterocycles. The van der Waals surface area contributed by atoms with Gasteiger partial charge in [-0.3, -0.25) is 9.59 Å². The van der Waals surface area contributed by atoms with Gasteiger partial charge in [-0.1, -0.05) is 31.0 Å². The van der Waals surface area contributed by atoms with E-state index in [0.717, 1.165) is 37.0 Å². The van der Waals surface area contributed by atoms with Gasteiger partial charge in [-0.05, 0) is 48.7 Å². The predicted molar refractivity (Wildman–Crippen MR) is 115 cm³/mol. The molecule has 1 unspecified atom stereocenters. The number of rotatable bonds is 6. The number of carbonyl (C=O) groups excluding carboxylic acids is 2. The molecule has 2 aromatic carbocycles. The Kier molecular flexibility index (Phi) is 5.77. The van der Waals surface area contributed by atoms with Gasteiger partial charge in [0.1, 0.15) is 5.75 Å². The van der Waals surface area contributed by atoms with Gasteiger partial charge in [0, 0.05) is 24.9 Å². The molecule has 6 nitrogen and oxygen atoms in total. The molecule has 30 heavy (non-hydrogen) atoms. The van der Waals surface area contributed by atoms with E-state index in [1.54, 1.807) is 14.2 Å². The van der Waals surface area contributed by atoms with Gasteiger partial charge >= 0.3 is 0 Å². The fourth-order valence-electron chi connectivity index (χ4n) is 5.06. The van der Waals surface area contributed by atoms with E-state index in [-0.39, 0.29) is 11.8 Å². The highest BCUT2D eigenvalue weighted by Crippen LogP contribution is 2.50. The molecule has 1 aliphatic carbocycles. The Labute approximate surface area is 177 Å². The second-order valence-electron chi connectivity index (χ2n) is 8.00. The molecule has 1 saturated carbocycles. The molecule has 158 valence electrons. The summed E-state index contributed by atoms with van der Waals surface area (Å²) in [5.41, 5.74) is 1.64. The van der Waals surface area contributed by atoms with Gasteiger partial charge in [0.05, 0.1) is 25.2 Å². The number of fused-ring (bicyclic) bond motifs is 1. The number of amides is 2. The lowest BCUT2D eigenvalue weighted by Crippen LogP contribution is -2.60. The van der Waals surface area contributed by atoms with Gasteiger partial charge in [0.15, 0.2) is 0 Å². The fraction of sp³-hybridized carbons (Fsp3) is 0.417. The summed E-state index contributed by atoms with van der Waals surface area (Å²) < 4.78 is 10.5. The van der Waals surface area contributed by atoms with Gasteiger partial charge in [0.2, 0.25) is 5.91 Å². The molecule has 2 aromatic rings. The van der Waals surface area contributed by atoms with Gasteiger partial charge in [-0.2, -0.15) is 0 Å². The first kappa shape index (κ1) is 20.4. The highest BCUT2D eigenvalue weighted by molar-refractivity contribution is 6.05. The second kappa shape index (κ2) is 8.48. The first-order valence-corrected chi connectivity index (χ1v) is 10.5. The van der Waals surface area contributed by atoms with Crippen LogP contribution in [0.5, 0.6) is 5.75 Å². The lowest BCUT2D eigenvalue weighted by atomic mass is 9.71. The number of carbonyl (C=O) groups is 2. The minimum Gasteiger partial charge on any atom is -0.497 e. The summed E-state index contributed by atoms with van der Waals surface area (Å²) in [6.07, 6.45) is 3.64. The van der Waals surface area contributed by atoms with Crippen LogP contribution in [0.15, 0.2) is 48.5 Å². The third-order valence-electron chi connectivity index (χ3n) is 6.43. The summed E-state index contributed by atoms with van der Waals surface area (Å²) in [6, 6.07) is 14.8. The molecule has 1 fully saturated rings. The Morgan fingerprint density at radius 1 is 1.10 bits per heavy atom. The summed E-state index contributed by atoms with van der Waals surface area (Å²) >= 11 is 0. The average molecular weight is 408 g/mol. The summed E-state index contributed by atoms with van der Waals surface area (Å²) in [7, 11) is 3.25. The minimum absolute atomic E-state index is 0.00181. The van der Waals surface area contributed by atoms with Gasteiger partial charge in [-0.15, -0.1) is 0 Å². The zero-order valence-electron chi connectivity index (χ0n) is 17.5. The Morgan fingerprint density at radius 2 is 1.80 bits per heavy atom. The standard InChI is InChI=1S/C24H28N2O4/c1-29-16-15-26-23(28)20-8-4-3-7-19(20)21(24(26)13-5-6-14-24)22(27)25-17-9-11-18(30-2)12-10-17/h3-4,7-12,21H,5-6,13-16H2,1-2H3,(H,25,27). The van der Waals surface area contributed by atoms with Crippen LogP contribution in [0, 0.1) is 0 Å². The Bertz CT molecular complexity index is 919. The van der Waals surface area contributed by atoms with E-state index in [2.05, 4.69) is 5.32 Å². The fourth-order valence-corrected chi connectivity index (χ4v) is 5.06. The summed E-state index contributed by atoms with van der Waals surface area (Å²) in [5, 5.41) is 3.08. The van der Waals surface area contributed by atoms with E-state index < -0.39 is 11.5 Å². The largest absolute Gasteiger partial charge is 0.497 e. The normalized spacial score (nSPS) is 19.6. The van der Waals surface area contributed by atoms with Crippen LogP contribution in [0.25, 0.3) is 0 Å². The van der Waals surface area contributed by atoms with E-state index in [0.29, 0.717) is 24.4 Å². The maximum absolute atomic E-state index is 13.7. The van der Waals surface area contributed by atoms with E-state index in [4.69, 9.17) is 9.47 Å². The Balaban J connectivity index is 1.74. The van der Waals surface area contributed by atoms with Crippen molar-refractivity contribution >= 4 is 17.5 Å². The highest BCUT2D eigenvalue weighted by atomic mass is 16.5. The second-order valence-corrected chi connectivity index (χ2v) is 8.00. The molecule has 1 atom stereocenters. The van der Waals surface area contributed by atoms with Gasteiger partial charge in [0.25, 0.3) is 5.91 Å². The summed E-state index contributed by atoms with van der Waals surface area (Å²) in [5.74, 6) is 0.231. The third-order valence-corrected chi connectivity index (χ3v) is 6.43. The molecule has 6 heteroatoms. The first-order chi connectivity index (χ1) is 14.6.